The van der Waals surface area contributed by atoms with Gasteiger partial charge < -0.3 is 10.0 Å². The Bertz CT molecular complexity index is 1120. The molecule has 1 aliphatic heterocycles. The van der Waals surface area contributed by atoms with Crippen molar-refractivity contribution in [3.05, 3.63) is 85.5 Å². The van der Waals surface area contributed by atoms with Crippen LogP contribution in [0.5, 0.6) is 0 Å². The van der Waals surface area contributed by atoms with E-state index in [9.17, 15) is 14.7 Å². The number of aryl methyl sites for hydroxylation is 2. The van der Waals surface area contributed by atoms with Gasteiger partial charge >= 0.3 is 0 Å². The summed E-state index contributed by atoms with van der Waals surface area (Å²) in [6.07, 6.45) is -0.279. The van der Waals surface area contributed by atoms with E-state index >= 15 is 0 Å². The van der Waals surface area contributed by atoms with Gasteiger partial charge in [0.25, 0.3) is 5.91 Å². The largest absolute Gasteiger partial charge is 0.375 e. The molecule has 0 fully saturated rings. The first-order valence-electron chi connectivity index (χ1n) is 9.28. The van der Waals surface area contributed by atoms with E-state index in [0.717, 1.165) is 20.5 Å². The SMILES string of the molecule is Cc1ccc(CN2C(=O)[C@@](O)(CC(=O)c3ccc(Br)s3)c3ccccc32)c(C)c1. The van der Waals surface area contributed by atoms with E-state index in [4.69, 9.17) is 0 Å². The third kappa shape index (κ3) is 3.56. The molecule has 1 amide bonds. The normalized spacial score (nSPS) is 18.2. The second-order valence-corrected chi connectivity index (χ2v) is 9.87. The van der Waals surface area contributed by atoms with Crippen LogP contribution in [0.4, 0.5) is 5.69 Å². The number of anilines is 1. The van der Waals surface area contributed by atoms with Crippen LogP contribution in [0.3, 0.4) is 0 Å². The zero-order valence-corrected chi connectivity index (χ0v) is 18.5. The number of Topliss-reactive ketones (excluding diaryl/α,β-unsaturated/α-hetero) is 1. The molecule has 1 aromatic heterocycles. The molecular formula is C23H20BrNO3S. The quantitative estimate of drug-likeness (QED) is 0.526. The Balaban J connectivity index is 1.69. The van der Waals surface area contributed by atoms with Gasteiger partial charge in [-0.2, -0.15) is 0 Å². The molecule has 2 heterocycles. The van der Waals surface area contributed by atoms with Gasteiger partial charge in [-0.05, 0) is 59.1 Å². The highest BCUT2D eigenvalue weighted by molar-refractivity contribution is 9.11. The summed E-state index contributed by atoms with van der Waals surface area (Å²) in [6.45, 7) is 4.39. The number of hydrogen-bond donors (Lipinski definition) is 1. The lowest BCUT2D eigenvalue weighted by molar-refractivity contribution is -0.136. The van der Waals surface area contributed by atoms with E-state index in [1.54, 1.807) is 29.2 Å². The summed E-state index contributed by atoms with van der Waals surface area (Å²) in [5.74, 6) is -0.706. The predicted octanol–water partition coefficient (Wildman–Crippen LogP) is 5.13. The Morgan fingerprint density at radius 1 is 1.14 bits per heavy atom. The fourth-order valence-electron chi connectivity index (χ4n) is 3.81. The van der Waals surface area contributed by atoms with Crippen molar-refractivity contribution in [2.24, 2.45) is 0 Å². The number of amides is 1. The zero-order valence-electron chi connectivity index (χ0n) is 16.1. The molecule has 0 unspecified atom stereocenters. The molecule has 148 valence electrons. The maximum atomic E-state index is 13.4. The molecule has 0 saturated heterocycles. The molecule has 1 aliphatic rings. The average Bonchev–Trinajstić information content (AvgIpc) is 3.20. The first-order valence-corrected chi connectivity index (χ1v) is 10.9. The van der Waals surface area contributed by atoms with E-state index in [2.05, 4.69) is 22.0 Å². The van der Waals surface area contributed by atoms with Crippen LogP contribution in [0.2, 0.25) is 0 Å². The Hall–Kier alpha value is -2.28. The van der Waals surface area contributed by atoms with Crippen LogP contribution in [0, 0.1) is 13.8 Å². The number of thiophene rings is 1. The Labute approximate surface area is 181 Å². The standard InChI is InChI=1S/C23H20BrNO3S/c1-14-7-8-16(15(2)11-14)13-25-18-6-4-3-5-17(18)23(28,22(25)27)12-19(26)20-9-10-21(24)29-20/h3-11,28H,12-13H2,1-2H3/t23-/m1/s1. The summed E-state index contributed by atoms with van der Waals surface area (Å²) < 4.78 is 0.836. The zero-order chi connectivity index (χ0) is 20.8. The lowest BCUT2D eigenvalue weighted by Crippen LogP contribution is -2.41. The Kier molecular flexibility index (Phi) is 5.19. The van der Waals surface area contributed by atoms with Crippen LogP contribution >= 0.6 is 27.3 Å². The second-order valence-electron chi connectivity index (χ2n) is 7.40. The average molecular weight is 470 g/mol. The van der Waals surface area contributed by atoms with Gasteiger partial charge in [0.15, 0.2) is 11.4 Å². The molecule has 0 bridgehead atoms. The number of hydrogen-bond acceptors (Lipinski definition) is 4. The fraction of sp³-hybridized carbons (Fsp3) is 0.217. The summed E-state index contributed by atoms with van der Waals surface area (Å²) in [6, 6.07) is 16.8. The third-order valence-electron chi connectivity index (χ3n) is 5.33. The lowest BCUT2D eigenvalue weighted by Gasteiger charge is -2.23. The lowest BCUT2D eigenvalue weighted by atomic mass is 9.89. The first-order chi connectivity index (χ1) is 13.8. The maximum Gasteiger partial charge on any atom is 0.264 e. The van der Waals surface area contributed by atoms with E-state index in [1.165, 1.54) is 11.3 Å². The number of carbonyl (C=O) groups excluding carboxylic acids is 2. The summed E-state index contributed by atoms with van der Waals surface area (Å²) >= 11 is 4.65. The first kappa shape index (κ1) is 20.0. The molecule has 4 rings (SSSR count). The highest BCUT2D eigenvalue weighted by Gasteiger charge is 2.50. The predicted molar refractivity (Wildman–Crippen MR) is 118 cm³/mol. The number of fused-ring (bicyclic) bond motifs is 1. The molecule has 1 N–H and O–H groups in total. The van der Waals surface area contributed by atoms with Crippen LogP contribution in [0.15, 0.2) is 58.4 Å². The van der Waals surface area contributed by atoms with Gasteiger partial charge in [0, 0.05) is 5.56 Å². The Morgan fingerprint density at radius 2 is 1.90 bits per heavy atom. The minimum Gasteiger partial charge on any atom is -0.375 e. The molecule has 0 radical (unpaired) electrons. The van der Waals surface area contributed by atoms with Gasteiger partial charge in [0.1, 0.15) is 0 Å². The summed E-state index contributed by atoms with van der Waals surface area (Å²) in [4.78, 5) is 28.3. The number of para-hydroxylation sites is 1. The number of carbonyl (C=O) groups is 2. The molecule has 0 aliphatic carbocycles. The van der Waals surface area contributed by atoms with Crippen LogP contribution in [-0.4, -0.2) is 16.8 Å². The molecule has 4 nitrogen and oxygen atoms in total. The molecule has 3 aromatic rings. The van der Waals surface area contributed by atoms with Crippen molar-refractivity contribution in [2.75, 3.05) is 4.90 Å². The Morgan fingerprint density at radius 3 is 2.59 bits per heavy atom. The van der Waals surface area contributed by atoms with E-state index in [-0.39, 0.29) is 12.2 Å². The third-order valence-corrected chi connectivity index (χ3v) is 7.00. The molecule has 29 heavy (non-hydrogen) atoms. The fourth-order valence-corrected chi connectivity index (χ4v) is 5.14. The number of rotatable bonds is 5. The molecule has 1 atom stereocenters. The van der Waals surface area contributed by atoms with Crippen molar-refractivity contribution in [1.29, 1.82) is 0 Å². The number of nitrogens with zero attached hydrogens (tertiary/aromatic N) is 1. The number of halogens is 1. The molecular weight excluding hydrogens is 450 g/mol. The maximum absolute atomic E-state index is 13.4. The smallest absolute Gasteiger partial charge is 0.264 e. The van der Waals surface area contributed by atoms with Crippen molar-refractivity contribution in [3.8, 4) is 0 Å². The monoisotopic (exact) mass is 469 g/mol. The molecule has 0 saturated carbocycles. The molecule has 6 heteroatoms. The van der Waals surface area contributed by atoms with Crippen LogP contribution in [-0.2, 0) is 16.9 Å². The number of aliphatic hydroxyl groups is 1. The van der Waals surface area contributed by atoms with Crippen molar-refractivity contribution in [3.63, 3.8) is 0 Å². The van der Waals surface area contributed by atoms with Gasteiger partial charge in [0.2, 0.25) is 0 Å². The number of benzene rings is 2. The highest BCUT2D eigenvalue weighted by atomic mass is 79.9. The van der Waals surface area contributed by atoms with Crippen molar-refractivity contribution in [1.82, 2.24) is 0 Å². The summed E-state index contributed by atoms with van der Waals surface area (Å²) in [5, 5.41) is 11.4. The van der Waals surface area contributed by atoms with E-state index < -0.39 is 11.5 Å². The topological polar surface area (TPSA) is 57.6 Å². The van der Waals surface area contributed by atoms with Gasteiger partial charge in [-0.15, -0.1) is 11.3 Å². The van der Waals surface area contributed by atoms with Gasteiger partial charge in [0.05, 0.1) is 27.3 Å². The van der Waals surface area contributed by atoms with Gasteiger partial charge in [-0.25, -0.2) is 0 Å². The van der Waals surface area contributed by atoms with E-state index in [0.29, 0.717) is 22.7 Å². The van der Waals surface area contributed by atoms with Crippen molar-refractivity contribution < 1.29 is 14.7 Å². The van der Waals surface area contributed by atoms with Crippen LogP contribution < -0.4 is 4.90 Å². The number of ketones is 1. The summed E-state index contributed by atoms with van der Waals surface area (Å²) in [7, 11) is 0. The molecule has 0 spiro atoms. The summed E-state index contributed by atoms with van der Waals surface area (Å²) in [5.41, 5.74) is 2.53. The van der Waals surface area contributed by atoms with Crippen LogP contribution in [0.25, 0.3) is 0 Å². The van der Waals surface area contributed by atoms with E-state index in [1.807, 2.05) is 38.1 Å². The van der Waals surface area contributed by atoms with Gasteiger partial charge in [-0.3, -0.25) is 9.59 Å². The van der Waals surface area contributed by atoms with Crippen LogP contribution in [0.1, 0.15) is 38.3 Å². The molecule has 2 aromatic carbocycles. The minimum absolute atomic E-state index is 0.250. The van der Waals surface area contributed by atoms with Crippen molar-refractivity contribution >= 4 is 44.6 Å². The second kappa shape index (κ2) is 7.52. The highest BCUT2D eigenvalue weighted by Crippen LogP contribution is 2.44. The minimum atomic E-state index is -1.86. The van der Waals surface area contributed by atoms with Crippen molar-refractivity contribution in [2.45, 2.75) is 32.4 Å². The van der Waals surface area contributed by atoms with Gasteiger partial charge in [-0.1, -0.05) is 42.0 Å².